The third kappa shape index (κ3) is 2.60. The Morgan fingerprint density at radius 3 is 2.78 bits per heavy atom. The second kappa shape index (κ2) is 5.91. The van der Waals surface area contributed by atoms with Crippen molar-refractivity contribution < 1.29 is 0 Å². The van der Waals surface area contributed by atoms with E-state index in [0.29, 0.717) is 0 Å². The summed E-state index contributed by atoms with van der Waals surface area (Å²) < 4.78 is 0. The van der Waals surface area contributed by atoms with E-state index >= 15 is 0 Å². The first-order valence-corrected chi connectivity index (χ1v) is 8.60. The Morgan fingerprint density at radius 1 is 1.00 bits per heavy atom. The number of nitrogens with one attached hydrogen (secondary N) is 2. The predicted molar refractivity (Wildman–Crippen MR) is 107 cm³/mol. The molecule has 132 valence electrons. The Balaban J connectivity index is 1.65. The second-order valence-electron chi connectivity index (χ2n) is 6.64. The van der Waals surface area contributed by atoms with Crippen LogP contribution in [0.1, 0.15) is 0 Å². The number of hydrogen-bond donors (Lipinski definition) is 2. The van der Waals surface area contributed by atoms with Crippen LogP contribution in [0.3, 0.4) is 0 Å². The number of pyridine rings is 3. The highest BCUT2D eigenvalue weighted by Gasteiger charge is 2.13. The van der Waals surface area contributed by atoms with Gasteiger partial charge < -0.3 is 9.88 Å². The van der Waals surface area contributed by atoms with Gasteiger partial charge in [-0.25, -0.2) is 4.98 Å². The summed E-state index contributed by atoms with van der Waals surface area (Å²) >= 11 is 0. The SMILES string of the molecule is CN(C)c1cncc(-c2cc3c(-c4cc5cccnc5[nH]4)n[nH]c3cn2)c1. The van der Waals surface area contributed by atoms with Gasteiger partial charge in [0.2, 0.25) is 0 Å². The van der Waals surface area contributed by atoms with Gasteiger partial charge >= 0.3 is 0 Å². The lowest BCUT2D eigenvalue weighted by Crippen LogP contribution is -2.08. The molecule has 5 heterocycles. The van der Waals surface area contributed by atoms with Crippen LogP contribution in [0.4, 0.5) is 5.69 Å². The zero-order chi connectivity index (χ0) is 18.4. The molecule has 0 spiro atoms. The Kier molecular flexibility index (Phi) is 3.39. The van der Waals surface area contributed by atoms with Gasteiger partial charge in [-0.05, 0) is 30.3 Å². The average molecular weight is 355 g/mol. The molecule has 0 amide bonds. The minimum Gasteiger partial charge on any atom is -0.376 e. The van der Waals surface area contributed by atoms with Gasteiger partial charge in [0.15, 0.2) is 0 Å². The van der Waals surface area contributed by atoms with E-state index in [-0.39, 0.29) is 0 Å². The van der Waals surface area contributed by atoms with Crippen LogP contribution in [-0.2, 0) is 0 Å². The molecule has 0 aliphatic heterocycles. The zero-order valence-electron chi connectivity index (χ0n) is 14.9. The first-order valence-electron chi connectivity index (χ1n) is 8.60. The Hall–Kier alpha value is -3.74. The van der Waals surface area contributed by atoms with Crippen LogP contribution in [0.25, 0.3) is 44.6 Å². The lowest BCUT2D eigenvalue weighted by atomic mass is 10.1. The average Bonchev–Trinajstić information content (AvgIpc) is 3.31. The molecule has 0 saturated carbocycles. The molecule has 0 atom stereocenters. The molecule has 7 nitrogen and oxygen atoms in total. The van der Waals surface area contributed by atoms with Crippen LogP contribution in [0.5, 0.6) is 0 Å². The van der Waals surface area contributed by atoms with Crippen LogP contribution < -0.4 is 4.90 Å². The zero-order valence-corrected chi connectivity index (χ0v) is 14.9. The van der Waals surface area contributed by atoms with E-state index < -0.39 is 0 Å². The maximum absolute atomic E-state index is 4.58. The van der Waals surface area contributed by atoms with Gasteiger partial charge in [0.05, 0.1) is 35.0 Å². The van der Waals surface area contributed by atoms with Crippen LogP contribution in [0.15, 0.2) is 55.1 Å². The highest BCUT2D eigenvalue weighted by Crippen LogP contribution is 2.30. The molecule has 0 aliphatic rings. The fraction of sp³-hybridized carbons (Fsp3) is 0.100. The number of rotatable bonds is 3. The summed E-state index contributed by atoms with van der Waals surface area (Å²) in [5.74, 6) is 0. The fourth-order valence-corrected chi connectivity index (χ4v) is 3.18. The molecular weight excluding hydrogens is 338 g/mol. The standard InChI is InChI=1S/C20H17N7/c1-27(2)14-6-13(9-21-10-14)16-8-15-18(11-23-16)25-26-19(15)17-7-12-4-3-5-22-20(12)24-17/h3-11H,1-2H3,(H,22,24)(H,25,26). The molecule has 5 rings (SSSR count). The highest BCUT2D eigenvalue weighted by atomic mass is 15.1. The Labute approximate surface area is 155 Å². The van der Waals surface area contributed by atoms with Gasteiger partial charge in [-0.1, -0.05) is 0 Å². The molecule has 0 aromatic carbocycles. The van der Waals surface area contributed by atoms with E-state index in [1.807, 2.05) is 55.8 Å². The molecule has 0 saturated heterocycles. The van der Waals surface area contributed by atoms with E-state index in [1.54, 1.807) is 6.20 Å². The molecule has 0 unspecified atom stereocenters. The summed E-state index contributed by atoms with van der Waals surface area (Å²) in [4.78, 5) is 18.6. The van der Waals surface area contributed by atoms with E-state index in [1.165, 1.54) is 0 Å². The molecule has 2 N–H and O–H groups in total. The topological polar surface area (TPSA) is 86.4 Å². The van der Waals surface area contributed by atoms with Crippen molar-refractivity contribution in [3.63, 3.8) is 0 Å². The summed E-state index contributed by atoms with van der Waals surface area (Å²) in [6, 6.07) is 10.1. The number of anilines is 1. The summed E-state index contributed by atoms with van der Waals surface area (Å²) in [5, 5.41) is 9.61. The number of fused-ring (bicyclic) bond motifs is 2. The van der Waals surface area contributed by atoms with Gasteiger partial charge in [0, 0.05) is 42.8 Å². The smallest absolute Gasteiger partial charge is 0.137 e. The maximum atomic E-state index is 4.58. The fourth-order valence-electron chi connectivity index (χ4n) is 3.18. The van der Waals surface area contributed by atoms with Gasteiger partial charge in [0.25, 0.3) is 0 Å². The van der Waals surface area contributed by atoms with Crippen LogP contribution >= 0.6 is 0 Å². The second-order valence-corrected chi connectivity index (χ2v) is 6.64. The molecule has 27 heavy (non-hydrogen) atoms. The lowest BCUT2D eigenvalue weighted by molar-refractivity contribution is 1.11. The molecule has 0 bridgehead atoms. The van der Waals surface area contributed by atoms with Gasteiger partial charge in [-0.3, -0.25) is 15.1 Å². The van der Waals surface area contributed by atoms with E-state index in [2.05, 4.69) is 42.3 Å². The molecule has 0 fully saturated rings. The van der Waals surface area contributed by atoms with Crippen molar-refractivity contribution in [1.82, 2.24) is 30.1 Å². The largest absolute Gasteiger partial charge is 0.376 e. The molecule has 7 heteroatoms. The van der Waals surface area contributed by atoms with Crippen molar-refractivity contribution >= 4 is 27.6 Å². The van der Waals surface area contributed by atoms with E-state index in [4.69, 9.17) is 0 Å². The van der Waals surface area contributed by atoms with E-state index in [9.17, 15) is 0 Å². The van der Waals surface area contributed by atoms with Crippen molar-refractivity contribution in [2.24, 2.45) is 0 Å². The summed E-state index contributed by atoms with van der Waals surface area (Å²) in [7, 11) is 3.99. The van der Waals surface area contributed by atoms with Crippen molar-refractivity contribution in [2.45, 2.75) is 0 Å². The summed E-state index contributed by atoms with van der Waals surface area (Å²) in [6.45, 7) is 0. The van der Waals surface area contributed by atoms with Gasteiger partial charge in [-0.2, -0.15) is 5.10 Å². The number of hydrogen-bond acceptors (Lipinski definition) is 5. The molecule has 0 aliphatic carbocycles. The van der Waals surface area contributed by atoms with Crippen LogP contribution in [0.2, 0.25) is 0 Å². The molecule has 5 aromatic rings. The lowest BCUT2D eigenvalue weighted by Gasteiger charge is -2.12. The van der Waals surface area contributed by atoms with Crippen molar-refractivity contribution in [2.75, 3.05) is 19.0 Å². The first-order chi connectivity index (χ1) is 13.2. The number of H-pyrrole nitrogens is 2. The maximum Gasteiger partial charge on any atom is 0.137 e. The van der Waals surface area contributed by atoms with Crippen LogP contribution in [0, 0.1) is 0 Å². The van der Waals surface area contributed by atoms with Gasteiger partial charge in [0.1, 0.15) is 11.3 Å². The highest BCUT2D eigenvalue weighted by molar-refractivity contribution is 5.96. The van der Waals surface area contributed by atoms with Crippen LogP contribution in [-0.4, -0.2) is 44.2 Å². The number of nitrogens with zero attached hydrogens (tertiary/aromatic N) is 5. The van der Waals surface area contributed by atoms with Crippen molar-refractivity contribution in [1.29, 1.82) is 0 Å². The van der Waals surface area contributed by atoms with Crippen molar-refractivity contribution in [3.05, 3.63) is 55.1 Å². The quantitative estimate of drug-likeness (QED) is 0.516. The minimum atomic E-state index is 0.848. The third-order valence-corrected chi connectivity index (χ3v) is 4.63. The Bertz CT molecular complexity index is 1230. The van der Waals surface area contributed by atoms with Gasteiger partial charge in [-0.15, -0.1) is 0 Å². The molecule has 0 radical (unpaired) electrons. The Morgan fingerprint density at radius 2 is 1.93 bits per heavy atom. The van der Waals surface area contributed by atoms with Crippen molar-refractivity contribution in [3.8, 4) is 22.6 Å². The number of aromatic nitrogens is 6. The summed E-state index contributed by atoms with van der Waals surface area (Å²) in [5.41, 5.74) is 6.36. The number of aromatic amines is 2. The molecular formula is C20H17N7. The predicted octanol–water partition coefficient (Wildman–Crippen LogP) is 3.63. The summed E-state index contributed by atoms with van der Waals surface area (Å²) in [6.07, 6.45) is 7.25. The third-order valence-electron chi connectivity index (χ3n) is 4.63. The monoisotopic (exact) mass is 355 g/mol. The first kappa shape index (κ1) is 15.5. The minimum absolute atomic E-state index is 0.848. The normalized spacial score (nSPS) is 11.3. The molecule has 5 aromatic heterocycles. The van der Waals surface area contributed by atoms with E-state index in [0.717, 1.165) is 50.3 Å².